The van der Waals surface area contributed by atoms with E-state index >= 15 is 0 Å². The van der Waals surface area contributed by atoms with Crippen molar-refractivity contribution in [2.24, 2.45) is 0 Å². The summed E-state index contributed by atoms with van der Waals surface area (Å²) in [5, 5.41) is 2.86. The van der Waals surface area contributed by atoms with Crippen LogP contribution in [0.15, 0.2) is 48.5 Å². The van der Waals surface area contributed by atoms with Gasteiger partial charge in [0, 0.05) is 18.7 Å². The van der Waals surface area contributed by atoms with Gasteiger partial charge in [-0.2, -0.15) is 0 Å². The van der Waals surface area contributed by atoms with Crippen molar-refractivity contribution in [3.63, 3.8) is 0 Å². The van der Waals surface area contributed by atoms with Gasteiger partial charge in [0.15, 0.2) is 0 Å². The van der Waals surface area contributed by atoms with Crippen LogP contribution in [0.1, 0.15) is 24.8 Å². The molecule has 0 radical (unpaired) electrons. The molecule has 0 unspecified atom stereocenters. The fraction of sp³-hybridized carbons (Fsp3) is 0.350. The molecule has 1 N–H and O–H groups in total. The van der Waals surface area contributed by atoms with E-state index in [4.69, 9.17) is 4.74 Å². The minimum absolute atomic E-state index is 0.0902. The third kappa shape index (κ3) is 5.01. The van der Waals surface area contributed by atoms with Crippen LogP contribution < -0.4 is 14.4 Å². The number of benzene rings is 2. The van der Waals surface area contributed by atoms with Crippen LogP contribution in [0.2, 0.25) is 0 Å². The van der Waals surface area contributed by atoms with Gasteiger partial charge in [0.25, 0.3) is 0 Å². The summed E-state index contributed by atoms with van der Waals surface area (Å²) < 4.78 is 31.2. The second kappa shape index (κ2) is 8.43. The molecule has 144 valence electrons. The normalized spacial score (nSPS) is 15.5. The molecule has 2 aromatic carbocycles. The molecule has 7 heteroatoms. The minimum Gasteiger partial charge on any atom is -0.494 e. The zero-order valence-corrected chi connectivity index (χ0v) is 16.2. The van der Waals surface area contributed by atoms with Crippen molar-refractivity contribution in [3.8, 4) is 5.75 Å². The average molecular weight is 388 g/mol. The second-order valence-electron chi connectivity index (χ2n) is 6.56. The van der Waals surface area contributed by atoms with Gasteiger partial charge in [0.1, 0.15) is 5.75 Å². The molecule has 0 bridgehead atoms. The van der Waals surface area contributed by atoms with E-state index in [9.17, 15) is 13.2 Å². The number of hydrogen-bond donors (Lipinski definition) is 1. The molecule has 0 aromatic heterocycles. The zero-order valence-electron chi connectivity index (χ0n) is 15.3. The molecule has 1 saturated heterocycles. The molecule has 1 fully saturated rings. The van der Waals surface area contributed by atoms with Gasteiger partial charge in [-0.15, -0.1) is 0 Å². The van der Waals surface area contributed by atoms with Crippen molar-refractivity contribution < 1.29 is 17.9 Å². The molecule has 2 aromatic rings. The maximum absolute atomic E-state index is 12.1. The van der Waals surface area contributed by atoms with Gasteiger partial charge in [-0.3, -0.25) is 9.10 Å². The van der Waals surface area contributed by atoms with Crippen molar-refractivity contribution in [1.82, 2.24) is 0 Å². The molecule has 6 nitrogen and oxygen atoms in total. The Morgan fingerprint density at radius 2 is 1.96 bits per heavy atom. The fourth-order valence-electron chi connectivity index (χ4n) is 3.09. The lowest BCUT2D eigenvalue weighted by Crippen LogP contribution is -2.25. The molecule has 1 aliphatic rings. The first kappa shape index (κ1) is 19.2. The Hall–Kier alpha value is -2.54. The van der Waals surface area contributed by atoms with Gasteiger partial charge in [-0.1, -0.05) is 18.2 Å². The maximum atomic E-state index is 12.1. The molecule has 1 heterocycles. The van der Waals surface area contributed by atoms with Crippen molar-refractivity contribution in [1.29, 1.82) is 0 Å². The molecule has 3 rings (SSSR count). The minimum atomic E-state index is -3.20. The molecular formula is C20H24N2O4S. The third-order valence-corrected chi connectivity index (χ3v) is 6.26. The highest BCUT2D eigenvalue weighted by Gasteiger charge is 2.29. The number of anilines is 2. The van der Waals surface area contributed by atoms with Crippen molar-refractivity contribution in [3.05, 3.63) is 54.1 Å². The summed E-state index contributed by atoms with van der Waals surface area (Å²) in [4.78, 5) is 12.1. The van der Waals surface area contributed by atoms with Crippen LogP contribution in [0.3, 0.4) is 0 Å². The topological polar surface area (TPSA) is 75.7 Å². The summed E-state index contributed by atoms with van der Waals surface area (Å²) in [7, 11) is -3.20. The largest absolute Gasteiger partial charge is 0.494 e. The SMILES string of the molecule is Cc1cc(NC(=O)CCCOc2ccccc2)ccc1N1CCCS1(=O)=O. The molecule has 0 spiro atoms. The third-order valence-electron chi connectivity index (χ3n) is 4.41. The Morgan fingerprint density at radius 1 is 1.19 bits per heavy atom. The Morgan fingerprint density at radius 3 is 2.63 bits per heavy atom. The van der Waals surface area contributed by atoms with E-state index in [1.165, 1.54) is 4.31 Å². The first-order valence-electron chi connectivity index (χ1n) is 9.04. The molecule has 27 heavy (non-hydrogen) atoms. The highest BCUT2D eigenvalue weighted by atomic mass is 32.2. The Labute approximate surface area is 160 Å². The van der Waals surface area contributed by atoms with E-state index in [1.807, 2.05) is 43.3 Å². The number of aryl methyl sites for hydroxylation is 1. The zero-order chi connectivity index (χ0) is 19.3. The summed E-state index contributed by atoms with van der Waals surface area (Å²) in [5.74, 6) is 0.893. The monoisotopic (exact) mass is 388 g/mol. The van der Waals surface area contributed by atoms with Crippen LogP contribution in [0.5, 0.6) is 5.75 Å². The second-order valence-corrected chi connectivity index (χ2v) is 8.57. The van der Waals surface area contributed by atoms with Gasteiger partial charge < -0.3 is 10.1 Å². The van der Waals surface area contributed by atoms with Gasteiger partial charge in [0.05, 0.1) is 18.0 Å². The number of sulfonamides is 1. The molecule has 0 aliphatic carbocycles. The summed E-state index contributed by atoms with van der Waals surface area (Å²) in [6.45, 7) is 2.84. The van der Waals surface area contributed by atoms with Gasteiger partial charge in [-0.25, -0.2) is 8.42 Å². The van der Waals surface area contributed by atoms with Gasteiger partial charge >= 0.3 is 0 Å². The first-order valence-corrected chi connectivity index (χ1v) is 10.7. The summed E-state index contributed by atoms with van der Waals surface area (Å²) in [6, 6.07) is 14.8. The van der Waals surface area contributed by atoms with Gasteiger partial charge in [-0.05, 0) is 55.7 Å². The van der Waals surface area contributed by atoms with Crippen LogP contribution in [-0.2, 0) is 14.8 Å². The molecular weight excluding hydrogens is 364 g/mol. The van der Waals surface area contributed by atoms with Crippen LogP contribution in [-0.4, -0.2) is 33.2 Å². The lowest BCUT2D eigenvalue weighted by Gasteiger charge is -2.20. The van der Waals surface area contributed by atoms with Crippen LogP contribution in [0.25, 0.3) is 0 Å². The Balaban J connectivity index is 1.50. The summed E-state index contributed by atoms with van der Waals surface area (Å²) in [6.07, 6.45) is 1.61. The number of nitrogens with one attached hydrogen (secondary N) is 1. The number of carbonyl (C=O) groups is 1. The van der Waals surface area contributed by atoms with Crippen molar-refractivity contribution >= 4 is 27.3 Å². The predicted molar refractivity (Wildman–Crippen MR) is 107 cm³/mol. The van der Waals surface area contributed by atoms with E-state index in [0.717, 1.165) is 11.3 Å². The van der Waals surface area contributed by atoms with Crippen LogP contribution >= 0.6 is 0 Å². The van der Waals surface area contributed by atoms with E-state index < -0.39 is 10.0 Å². The number of carbonyl (C=O) groups excluding carboxylic acids is 1. The van der Waals surface area contributed by atoms with E-state index in [2.05, 4.69) is 5.32 Å². The predicted octanol–water partition coefficient (Wildman–Crippen LogP) is 3.33. The van der Waals surface area contributed by atoms with E-state index in [1.54, 1.807) is 12.1 Å². The van der Waals surface area contributed by atoms with E-state index in [-0.39, 0.29) is 11.7 Å². The lowest BCUT2D eigenvalue weighted by molar-refractivity contribution is -0.116. The molecule has 1 amide bonds. The molecule has 0 atom stereocenters. The number of rotatable bonds is 7. The van der Waals surface area contributed by atoms with Crippen molar-refractivity contribution in [2.45, 2.75) is 26.2 Å². The first-order chi connectivity index (χ1) is 13.0. The highest BCUT2D eigenvalue weighted by molar-refractivity contribution is 7.93. The smallest absolute Gasteiger partial charge is 0.235 e. The summed E-state index contributed by atoms with van der Waals surface area (Å²) in [5.41, 5.74) is 2.18. The Bertz CT molecular complexity index is 897. The summed E-state index contributed by atoms with van der Waals surface area (Å²) >= 11 is 0. The number of ether oxygens (including phenoxy) is 1. The van der Waals surface area contributed by atoms with Crippen LogP contribution in [0.4, 0.5) is 11.4 Å². The Kier molecular flexibility index (Phi) is 6.01. The van der Waals surface area contributed by atoms with Gasteiger partial charge in [0.2, 0.25) is 15.9 Å². The number of para-hydroxylation sites is 1. The van der Waals surface area contributed by atoms with E-state index in [0.29, 0.717) is 43.8 Å². The standard InChI is InChI=1S/C20H24N2O4S/c1-16-15-17(10-11-19(16)22-12-6-14-27(22,24)25)21-20(23)9-5-13-26-18-7-3-2-4-8-18/h2-4,7-8,10-11,15H,5-6,9,12-14H2,1H3,(H,21,23). The molecule has 1 aliphatic heterocycles. The molecule has 0 saturated carbocycles. The highest BCUT2D eigenvalue weighted by Crippen LogP contribution is 2.29. The number of nitrogens with zero attached hydrogens (tertiary/aromatic N) is 1. The number of amides is 1. The average Bonchev–Trinajstić information content (AvgIpc) is 2.99. The fourth-order valence-corrected chi connectivity index (χ4v) is 4.71. The number of hydrogen-bond acceptors (Lipinski definition) is 4. The van der Waals surface area contributed by atoms with Crippen molar-refractivity contribution in [2.75, 3.05) is 28.5 Å². The maximum Gasteiger partial charge on any atom is 0.235 e. The quantitative estimate of drug-likeness (QED) is 0.738. The van der Waals surface area contributed by atoms with Crippen LogP contribution in [0, 0.1) is 6.92 Å². The lowest BCUT2D eigenvalue weighted by atomic mass is 10.1.